The average Bonchev–Trinajstić information content (AvgIpc) is 2.74. The molecule has 7 nitrogen and oxygen atoms in total. The summed E-state index contributed by atoms with van der Waals surface area (Å²) >= 11 is 0. The van der Waals surface area contributed by atoms with Crippen molar-refractivity contribution < 1.29 is 0 Å². The fourth-order valence-electron chi connectivity index (χ4n) is 3.64. The molecule has 2 fully saturated rings. The summed E-state index contributed by atoms with van der Waals surface area (Å²) in [6.07, 6.45) is 1.87. The van der Waals surface area contributed by atoms with Crippen molar-refractivity contribution in [2.75, 3.05) is 74.1 Å². The summed E-state index contributed by atoms with van der Waals surface area (Å²) in [4.78, 5) is 18.6. The number of hydrogen-bond acceptors (Lipinski definition) is 7. The molecular formula is C20H25N7. The standard InChI is InChI=1S/C20H25N7/c1-24-7-9-26(10-8-24)19-5-6-22-20(23-19)27-13-11-25(12-14-27)18-4-2-3-17(15-18)16-21/h2-6,15H,7-14H2,1H3. The highest BCUT2D eigenvalue weighted by atomic mass is 15.3. The molecule has 140 valence electrons. The van der Waals surface area contributed by atoms with E-state index in [9.17, 15) is 0 Å². The number of rotatable bonds is 3. The highest BCUT2D eigenvalue weighted by Gasteiger charge is 2.21. The predicted molar refractivity (Wildman–Crippen MR) is 107 cm³/mol. The third-order valence-electron chi connectivity index (χ3n) is 5.36. The Kier molecular flexibility index (Phi) is 5.07. The summed E-state index contributed by atoms with van der Waals surface area (Å²) in [6.45, 7) is 7.71. The Morgan fingerprint density at radius 1 is 0.889 bits per heavy atom. The van der Waals surface area contributed by atoms with E-state index in [1.807, 2.05) is 30.5 Å². The molecule has 2 saturated heterocycles. The van der Waals surface area contributed by atoms with E-state index >= 15 is 0 Å². The Morgan fingerprint density at radius 3 is 2.33 bits per heavy atom. The second-order valence-electron chi connectivity index (χ2n) is 7.14. The van der Waals surface area contributed by atoms with Crippen LogP contribution in [0.3, 0.4) is 0 Å². The lowest BCUT2D eigenvalue weighted by Gasteiger charge is -2.37. The molecule has 27 heavy (non-hydrogen) atoms. The normalized spacial score (nSPS) is 18.4. The summed E-state index contributed by atoms with van der Waals surface area (Å²) in [7, 11) is 2.16. The molecule has 0 N–H and O–H groups in total. The molecule has 1 aromatic carbocycles. The van der Waals surface area contributed by atoms with Crippen LogP contribution in [0.5, 0.6) is 0 Å². The van der Waals surface area contributed by atoms with Crippen LogP contribution in [-0.2, 0) is 0 Å². The Balaban J connectivity index is 1.41. The summed E-state index contributed by atoms with van der Waals surface area (Å²) < 4.78 is 0. The molecular weight excluding hydrogens is 338 g/mol. The smallest absolute Gasteiger partial charge is 0.227 e. The van der Waals surface area contributed by atoms with Gasteiger partial charge in [-0.15, -0.1) is 0 Å². The van der Waals surface area contributed by atoms with Crippen molar-refractivity contribution in [1.29, 1.82) is 5.26 Å². The fraction of sp³-hybridized carbons (Fsp3) is 0.450. The number of nitrogens with zero attached hydrogens (tertiary/aromatic N) is 7. The maximum Gasteiger partial charge on any atom is 0.227 e. The van der Waals surface area contributed by atoms with E-state index < -0.39 is 0 Å². The van der Waals surface area contributed by atoms with Gasteiger partial charge in [0.25, 0.3) is 0 Å². The summed E-state index contributed by atoms with van der Waals surface area (Å²) in [5, 5.41) is 9.10. The van der Waals surface area contributed by atoms with Crippen molar-refractivity contribution in [3.8, 4) is 6.07 Å². The minimum atomic E-state index is 0.707. The fourth-order valence-corrected chi connectivity index (χ4v) is 3.64. The van der Waals surface area contributed by atoms with Gasteiger partial charge in [-0.1, -0.05) is 6.07 Å². The van der Waals surface area contributed by atoms with Gasteiger partial charge in [-0.25, -0.2) is 4.98 Å². The van der Waals surface area contributed by atoms with E-state index in [1.165, 1.54) is 0 Å². The van der Waals surface area contributed by atoms with Crippen LogP contribution in [0.1, 0.15) is 5.56 Å². The molecule has 0 amide bonds. The van der Waals surface area contributed by atoms with Gasteiger partial charge in [-0.3, -0.25) is 0 Å². The molecule has 2 aliphatic rings. The maximum atomic E-state index is 9.10. The van der Waals surface area contributed by atoms with Crippen LogP contribution < -0.4 is 14.7 Å². The Labute approximate surface area is 160 Å². The van der Waals surface area contributed by atoms with Crippen LogP contribution >= 0.6 is 0 Å². The van der Waals surface area contributed by atoms with Crippen molar-refractivity contribution >= 4 is 17.5 Å². The van der Waals surface area contributed by atoms with Crippen molar-refractivity contribution in [2.24, 2.45) is 0 Å². The van der Waals surface area contributed by atoms with Gasteiger partial charge in [-0.2, -0.15) is 10.2 Å². The topological polar surface area (TPSA) is 62.5 Å². The van der Waals surface area contributed by atoms with E-state index in [1.54, 1.807) is 0 Å². The lowest BCUT2D eigenvalue weighted by molar-refractivity contribution is 0.312. The van der Waals surface area contributed by atoms with Gasteiger partial charge in [-0.05, 0) is 31.3 Å². The minimum Gasteiger partial charge on any atom is -0.368 e. The van der Waals surface area contributed by atoms with Gasteiger partial charge in [0.2, 0.25) is 5.95 Å². The lowest BCUT2D eigenvalue weighted by atomic mass is 10.2. The summed E-state index contributed by atoms with van der Waals surface area (Å²) in [6, 6.07) is 12.0. The molecule has 7 heteroatoms. The number of anilines is 3. The van der Waals surface area contributed by atoms with Crippen LogP contribution in [-0.4, -0.2) is 74.3 Å². The molecule has 2 aromatic rings. The van der Waals surface area contributed by atoms with E-state index in [4.69, 9.17) is 10.2 Å². The van der Waals surface area contributed by atoms with Crippen LogP contribution in [0.4, 0.5) is 17.5 Å². The van der Waals surface area contributed by atoms with Crippen molar-refractivity contribution in [3.63, 3.8) is 0 Å². The van der Waals surface area contributed by atoms with Crippen molar-refractivity contribution in [2.45, 2.75) is 0 Å². The van der Waals surface area contributed by atoms with E-state index in [0.717, 1.165) is 69.8 Å². The van der Waals surface area contributed by atoms with Crippen LogP contribution in [0, 0.1) is 11.3 Å². The van der Waals surface area contributed by atoms with Crippen LogP contribution in [0.25, 0.3) is 0 Å². The molecule has 0 aliphatic carbocycles. The van der Waals surface area contributed by atoms with Crippen molar-refractivity contribution in [3.05, 3.63) is 42.1 Å². The Bertz CT molecular complexity index is 815. The number of aromatic nitrogens is 2. The largest absolute Gasteiger partial charge is 0.368 e. The molecule has 0 radical (unpaired) electrons. The van der Waals surface area contributed by atoms with Gasteiger partial charge in [0.1, 0.15) is 5.82 Å². The highest BCUT2D eigenvalue weighted by molar-refractivity contribution is 5.53. The molecule has 0 saturated carbocycles. The monoisotopic (exact) mass is 363 g/mol. The molecule has 2 aliphatic heterocycles. The second-order valence-corrected chi connectivity index (χ2v) is 7.14. The zero-order chi connectivity index (χ0) is 18.6. The van der Waals surface area contributed by atoms with Gasteiger partial charge in [0, 0.05) is 64.2 Å². The first kappa shape index (κ1) is 17.6. The number of nitriles is 1. The third kappa shape index (κ3) is 3.96. The predicted octanol–water partition coefficient (Wildman–Crippen LogP) is 1.43. The van der Waals surface area contributed by atoms with Gasteiger partial charge < -0.3 is 19.6 Å². The maximum absolute atomic E-state index is 9.10. The lowest BCUT2D eigenvalue weighted by Crippen LogP contribution is -2.47. The molecule has 0 bridgehead atoms. The van der Waals surface area contributed by atoms with Crippen LogP contribution in [0.2, 0.25) is 0 Å². The number of likely N-dealkylation sites (N-methyl/N-ethyl adjacent to an activating group) is 1. The Hall–Kier alpha value is -2.85. The zero-order valence-electron chi connectivity index (χ0n) is 15.8. The third-order valence-corrected chi connectivity index (χ3v) is 5.36. The molecule has 3 heterocycles. The average molecular weight is 363 g/mol. The molecule has 0 atom stereocenters. The van der Waals surface area contributed by atoms with E-state index in [0.29, 0.717) is 5.56 Å². The van der Waals surface area contributed by atoms with Gasteiger partial charge >= 0.3 is 0 Å². The quantitative estimate of drug-likeness (QED) is 0.817. The second kappa shape index (κ2) is 7.80. The number of benzene rings is 1. The van der Waals surface area contributed by atoms with Gasteiger partial charge in [0.15, 0.2) is 0 Å². The zero-order valence-corrected chi connectivity index (χ0v) is 15.8. The number of piperazine rings is 2. The Morgan fingerprint density at radius 2 is 1.59 bits per heavy atom. The van der Waals surface area contributed by atoms with E-state index in [-0.39, 0.29) is 0 Å². The van der Waals surface area contributed by atoms with Crippen LogP contribution in [0.15, 0.2) is 36.5 Å². The molecule has 1 aromatic heterocycles. The molecule has 4 rings (SSSR count). The molecule has 0 spiro atoms. The first-order valence-electron chi connectivity index (χ1n) is 9.49. The minimum absolute atomic E-state index is 0.707. The summed E-state index contributed by atoms with van der Waals surface area (Å²) in [5.74, 6) is 1.84. The SMILES string of the molecule is CN1CCN(c2ccnc(N3CCN(c4cccc(C#N)c4)CC3)n2)CC1. The molecule has 0 unspecified atom stereocenters. The van der Waals surface area contributed by atoms with E-state index in [2.05, 4.69) is 43.8 Å². The van der Waals surface area contributed by atoms with Gasteiger partial charge in [0.05, 0.1) is 11.6 Å². The highest BCUT2D eigenvalue weighted by Crippen LogP contribution is 2.21. The summed E-state index contributed by atoms with van der Waals surface area (Å²) in [5.41, 5.74) is 1.82. The first-order chi connectivity index (χ1) is 13.2. The van der Waals surface area contributed by atoms with Crippen molar-refractivity contribution in [1.82, 2.24) is 14.9 Å². The first-order valence-corrected chi connectivity index (χ1v) is 9.49. The number of hydrogen-bond donors (Lipinski definition) is 0.